The van der Waals surface area contributed by atoms with Crippen molar-refractivity contribution in [1.82, 2.24) is 10.6 Å². The first kappa shape index (κ1) is 22.4. The molecule has 0 aromatic carbocycles. The smallest absolute Gasteiger partial charge is 0.120 e. The third-order valence-corrected chi connectivity index (χ3v) is 4.33. The van der Waals surface area contributed by atoms with Crippen molar-refractivity contribution < 1.29 is 4.74 Å². The third-order valence-electron chi connectivity index (χ3n) is 4.33. The molecule has 4 heteroatoms. The van der Waals surface area contributed by atoms with E-state index in [-0.39, 0.29) is 23.2 Å². The first-order valence-corrected chi connectivity index (χ1v) is 9.49. The molecule has 1 unspecified atom stereocenters. The summed E-state index contributed by atoms with van der Waals surface area (Å²) in [5, 5.41) is 6.82. The van der Waals surface area contributed by atoms with Crippen molar-refractivity contribution in [3.05, 3.63) is 0 Å². The summed E-state index contributed by atoms with van der Waals surface area (Å²) >= 11 is 0. The normalized spacial score (nSPS) is 18.1. The van der Waals surface area contributed by atoms with E-state index in [9.17, 15) is 0 Å². The van der Waals surface area contributed by atoms with Gasteiger partial charge in [-0.15, -0.1) is 17.0 Å². The van der Waals surface area contributed by atoms with Crippen molar-refractivity contribution in [2.45, 2.75) is 90.2 Å². The van der Waals surface area contributed by atoms with Crippen molar-refractivity contribution in [1.29, 1.82) is 0 Å². The van der Waals surface area contributed by atoms with Crippen LogP contribution in [0.4, 0.5) is 0 Å². The summed E-state index contributed by atoms with van der Waals surface area (Å²) < 4.78 is 5.61. The van der Waals surface area contributed by atoms with E-state index in [1.807, 2.05) is 0 Å². The monoisotopic (exact) mass is 378 g/mol. The summed E-state index contributed by atoms with van der Waals surface area (Å²) in [7, 11) is 0. The highest BCUT2D eigenvalue weighted by Gasteiger charge is 2.10. The Kier molecular flexibility index (Phi) is 18.0. The molecule has 22 heavy (non-hydrogen) atoms. The molecule has 0 aromatic heterocycles. The van der Waals surface area contributed by atoms with Crippen molar-refractivity contribution in [3.63, 3.8) is 0 Å². The molecule has 1 fully saturated rings. The van der Waals surface area contributed by atoms with Crippen LogP contribution in [0, 0.1) is 0 Å². The van der Waals surface area contributed by atoms with Gasteiger partial charge in [0.05, 0.1) is 6.61 Å². The lowest BCUT2D eigenvalue weighted by Gasteiger charge is -2.24. The fraction of sp³-hybridized carbons (Fsp3) is 1.00. The number of halogens is 1. The van der Waals surface area contributed by atoms with Gasteiger partial charge in [-0.3, -0.25) is 5.32 Å². The Hall–Kier alpha value is 0.360. The lowest BCUT2D eigenvalue weighted by Crippen LogP contribution is -2.47. The highest BCUT2D eigenvalue weighted by molar-refractivity contribution is 8.93. The number of hydrogen-bond acceptors (Lipinski definition) is 3. The Labute approximate surface area is 149 Å². The third kappa shape index (κ3) is 14.0. The Bertz CT molecular complexity index is 211. The highest BCUT2D eigenvalue weighted by atomic mass is 79.9. The van der Waals surface area contributed by atoms with Crippen molar-refractivity contribution >= 4 is 17.0 Å². The van der Waals surface area contributed by atoms with Gasteiger partial charge in [-0.1, -0.05) is 77.6 Å². The van der Waals surface area contributed by atoms with Crippen LogP contribution in [0.15, 0.2) is 0 Å². The molecule has 0 radical (unpaired) electrons. The van der Waals surface area contributed by atoms with Crippen molar-refractivity contribution in [3.8, 4) is 0 Å². The Morgan fingerprint density at radius 2 is 1.41 bits per heavy atom. The molecule has 0 bridgehead atoms. The molecule has 0 spiro atoms. The van der Waals surface area contributed by atoms with Crippen LogP contribution in [0.1, 0.15) is 84.0 Å². The number of unbranched alkanes of at least 4 members (excludes halogenated alkanes) is 11. The molecule has 0 saturated carbocycles. The summed E-state index contributed by atoms with van der Waals surface area (Å²) in [5.41, 5.74) is 0. The van der Waals surface area contributed by atoms with E-state index in [0.29, 0.717) is 0 Å². The zero-order valence-corrected chi connectivity index (χ0v) is 16.4. The molecule has 1 heterocycles. The Balaban J connectivity index is 0.00000441. The van der Waals surface area contributed by atoms with Crippen molar-refractivity contribution in [2.24, 2.45) is 0 Å². The number of nitrogens with one attached hydrogen (secondary N) is 2. The fourth-order valence-corrected chi connectivity index (χ4v) is 2.93. The van der Waals surface area contributed by atoms with Gasteiger partial charge < -0.3 is 10.1 Å². The minimum absolute atomic E-state index is 0. The fourth-order valence-electron chi connectivity index (χ4n) is 2.93. The van der Waals surface area contributed by atoms with Gasteiger partial charge in [0, 0.05) is 13.1 Å². The summed E-state index contributed by atoms with van der Waals surface area (Å²) in [4.78, 5) is 0. The number of ether oxygens (including phenoxy) is 1. The number of hydrogen-bond donors (Lipinski definition) is 2. The second-order valence-electron chi connectivity index (χ2n) is 6.41. The first-order chi connectivity index (χ1) is 10.4. The van der Waals surface area contributed by atoms with Crippen LogP contribution in [-0.2, 0) is 4.74 Å². The maximum absolute atomic E-state index is 5.61. The zero-order chi connectivity index (χ0) is 15.0. The lowest BCUT2D eigenvalue weighted by atomic mass is 10.1. The van der Waals surface area contributed by atoms with Gasteiger partial charge in [0.2, 0.25) is 0 Å². The second-order valence-corrected chi connectivity index (χ2v) is 6.41. The first-order valence-electron chi connectivity index (χ1n) is 9.49. The van der Waals surface area contributed by atoms with E-state index in [1.165, 1.54) is 77.0 Å². The van der Waals surface area contributed by atoms with Crippen LogP contribution in [0.5, 0.6) is 0 Å². The Morgan fingerprint density at radius 3 is 1.91 bits per heavy atom. The second kappa shape index (κ2) is 17.7. The average molecular weight is 379 g/mol. The van der Waals surface area contributed by atoms with Gasteiger partial charge >= 0.3 is 0 Å². The molecule has 1 saturated heterocycles. The van der Waals surface area contributed by atoms with Gasteiger partial charge in [0.1, 0.15) is 6.23 Å². The van der Waals surface area contributed by atoms with Gasteiger partial charge in [0.15, 0.2) is 0 Å². The van der Waals surface area contributed by atoms with Crippen LogP contribution in [0.25, 0.3) is 0 Å². The Morgan fingerprint density at radius 1 is 0.864 bits per heavy atom. The van der Waals surface area contributed by atoms with Gasteiger partial charge in [0.25, 0.3) is 0 Å². The maximum atomic E-state index is 5.61. The van der Waals surface area contributed by atoms with E-state index in [0.717, 1.165) is 26.2 Å². The van der Waals surface area contributed by atoms with Gasteiger partial charge in [-0.25, -0.2) is 0 Å². The predicted octanol–water partition coefficient (Wildman–Crippen LogP) is 4.80. The van der Waals surface area contributed by atoms with Crippen LogP contribution >= 0.6 is 17.0 Å². The van der Waals surface area contributed by atoms with E-state index in [4.69, 9.17) is 4.74 Å². The molecule has 0 aliphatic carbocycles. The van der Waals surface area contributed by atoms with Crippen LogP contribution in [-0.4, -0.2) is 32.5 Å². The summed E-state index contributed by atoms with van der Waals surface area (Å²) in [6.07, 6.45) is 17.2. The van der Waals surface area contributed by atoms with E-state index < -0.39 is 0 Å². The molecular formula is C18H39BrN2O. The lowest BCUT2D eigenvalue weighted by molar-refractivity contribution is 0.00702. The maximum Gasteiger partial charge on any atom is 0.120 e. The molecule has 0 amide bonds. The molecule has 0 aromatic rings. The van der Waals surface area contributed by atoms with Gasteiger partial charge in [-0.05, 0) is 13.0 Å². The molecule has 1 rings (SSSR count). The molecule has 2 N–H and O–H groups in total. The number of morpholine rings is 1. The minimum Gasteiger partial charge on any atom is -0.361 e. The van der Waals surface area contributed by atoms with Crippen LogP contribution in [0.2, 0.25) is 0 Å². The predicted molar refractivity (Wildman–Crippen MR) is 102 cm³/mol. The van der Waals surface area contributed by atoms with Crippen LogP contribution in [0.3, 0.4) is 0 Å². The molecular weight excluding hydrogens is 340 g/mol. The summed E-state index contributed by atoms with van der Waals surface area (Å²) in [6.45, 7) is 6.18. The van der Waals surface area contributed by atoms with Crippen LogP contribution < -0.4 is 10.6 Å². The van der Waals surface area contributed by atoms with E-state index >= 15 is 0 Å². The van der Waals surface area contributed by atoms with E-state index in [1.54, 1.807) is 0 Å². The standard InChI is InChI=1S/C18H38N2O.BrH/c1-2-3-4-5-6-7-8-9-10-11-12-13-14-20-18-17-19-15-16-21-18;/h18-20H,2-17H2,1H3;1H. The highest BCUT2D eigenvalue weighted by Crippen LogP contribution is 2.11. The SMILES string of the molecule is Br.CCCCCCCCCCCCCCNC1CNCCO1. The molecule has 3 nitrogen and oxygen atoms in total. The van der Waals surface area contributed by atoms with E-state index in [2.05, 4.69) is 17.6 Å². The summed E-state index contributed by atoms with van der Waals surface area (Å²) in [5.74, 6) is 0. The quantitative estimate of drug-likeness (QED) is 0.425. The molecule has 134 valence electrons. The topological polar surface area (TPSA) is 33.3 Å². The minimum atomic E-state index is 0. The largest absolute Gasteiger partial charge is 0.361 e. The summed E-state index contributed by atoms with van der Waals surface area (Å²) in [6, 6.07) is 0. The van der Waals surface area contributed by atoms with Crippen molar-refractivity contribution in [2.75, 3.05) is 26.2 Å². The molecule has 1 aliphatic heterocycles. The molecule has 1 atom stereocenters. The molecule has 1 aliphatic rings. The number of rotatable bonds is 14. The zero-order valence-electron chi connectivity index (χ0n) is 14.7. The van der Waals surface area contributed by atoms with Gasteiger partial charge in [-0.2, -0.15) is 0 Å². The average Bonchev–Trinajstić information content (AvgIpc) is 2.53.